The summed E-state index contributed by atoms with van der Waals surface area (Å²) in [6, 6.07) is 12.5. The summed E-state index contributed by atoms with van der Waals surface area (Å²) >= 11 is 0. The Bertz CT molecular complexity index is 869. The lowest BCUT2D eigenvalue weighted by Crippen LogP contribution is -2.17. The lowest BCUT2D eigenvalue weighted by Gasteiger charge is -2.26. The van der Waals surface area contributed by atoms with Crippen LogP contribution in [0.1, 0.15) is 16.7 Å². The second kappa shape index (κ2) is 5.18. The summed E-state index contributed by atoms with van der Waals surface area (Å²) in [5.74, 6) is -0.0514. The molecule has 2 aromatic carbocycles. The van der Waals surface area contributed by atoms with Crippen LogP contribution < -0.4 is 0 Å². The van der Waals surface area contributed by atoms with Crippen LogP contribution in [0.2, 0.25) is 0 Å². The molecule has 0 amide bonds. The maximum absolute atomic E-state index is 11.8. The molecule has 0 aliphatic carbocycles. The summed E-state index contributed by atoms with van der Waals surface area (Å²) in [6.07, 6.45) is 3.12. The number of hydrogen-bond donors (Lipinski definition) is 1. The van der Waals surface area contributed by atoms with Gasteiger partial charge in [-0.15, -0.1) is 0 Å². The minimum absolute atomic E-state index is 0.0514. The summed E-state index contributed by atoms with van der Waals surface area (Å²) in [6.45, 7) is 0.803. The minimum atomic E-state index is -3.38. The van der Waals surface area contributed by atoms with Crippen molar-refractivity contribution in [2.75, 3.05) is 13.3 Å². The summed E-state index contributed by atoms with van der Waals surface area (Å²) in [5.41, 5.74) is 3.84. The van der Waals surface area contributed by atoms with E-state index in [0.717, 1.165) is 23.9 Å². The van der Waals surface area contributed by atoms with Crippen molar-refractivity contribution >= 4 is 15.4 Å². The third-order valence-corrected chi connectivity index (χ3v) is 4.80. The van der Waals surface area contributed by atoms with Crippen molar-refractivity contribution in [1.82, 2.24) is 4.90 Å². The summed E-state index contributed by atoms with van der Waals surface area (Å²) in [7, 11) is -1.41. The van der Waals surface area contributed by atoms with Gasteiger partial charge in [-0.05, 0) is 34.9 Å². The number of sulfone groups is 1. The Morgan fingerprint density at radius 2 is 1.86 bits per heavy atom. The monoisotopic (exact) mass is 315 g/mol. The molecule has 4 nitrogen and oxygen atoms in total. The zero-order chi connectivity index (χ0) is 15.9. The van der Waals surface area contributed by atoms with Crippen LogP contribution in [0.5, 0.6) is 5.75 Å². The van der Waals surface area contributed by atoms with Crippen LogP contribution in [0.25, 0.3) is 5.57 Å². The number of rotatable bonds is 2. The maximum atomic E-state index is 11.8. The van der Waals surface area contributed by atoms with E-state index in [1.165, 1.54) is 11.6 Å². The van der Waals surface area contributed by atoms with Crippen molar-refractivity contribution in [1.29, 1.82) is 0 Å². The van der Waals surface area contributed by atoms with Crippen molar-refractivity contribution in [3.05, 3.63) is 65.4 Å². The van der Waals surface area contributed by atoms with Gasteiger partial charge >= 0.3 is 0 Å². The van der Waals surface area contributed by atoms with Gasteiger partial charge in [-0.2, -0.15) is 0 Å². The van der Waals surface area contributed by atoms with Crippen molar-refractivity contribution < 1.29 is 13.5 Å². The average molecular weight is 315 g/mol. The SMILES string of the molecule is CN1C=C(c2cc(O)cc(S(C)(=O)=O)c2)c2ccccc2C1. The molecule has 5 heteroatoms. The molecule has 1 N–H and O–H groups in total. The predicted molar refractivity (Wildman–Crippen MR) is 86.2 cm³/mol. The van der Waals surface area contributed by atoms with E-state index in [1.54, 1.807) is 12.1 Å². The van der Waals surface area contributed by atoms with E-state index in [-0.39, 0.29) is 10.6 Å². The van der Waals surface area contributed by atoms with E-state index in [4.69, 9.17) is 0 Å². The van der Waals surface area contributed by atoms with Gasteiger partial charge in [0.2, 0.25) is 0 Å². The van der Waals surface area contributed by atoms with Gasteiger partial charge < -0.3 is 10.0 Å². The third-order valence-electron chi connectivity index (χ3n) is 3.71. The number of aromatic hydroxyl groups is 1. The van der Waals surface area contributed by atoms with Crippen molar-refractivity contribution in [2.45, 2.75) is 11.4 Å². The maximum Gasteiger partial charge on any atom is 0.175 e. The van der Waals surface area contributed by atoms with Gasteiger partial charge in [0.25, 0.3) is 0 Å². The van der Waals surface area contributed by atoms with Gasteiger partial charge in [-0.3, -0.25) is 0 Å². The van der Waals surface area contributed by atoms with Gasteiger partial charge in [-0.1, -0.05) is 24.3 Å². The lowest BCUT2D eigenvalue weighted by atomic mass is 9.92. The minimum Gasteiger partial charge on any atom is -0.508 e. The predicted octanol–water partition coefficient (Wildman–Crippen LogP) is 2.63. The standard InChI is InChI=1S/C17H17NO3S/c1-18-10-12-5-3-4-6-16(12)17(11-18)13-7-14(19)9-15(8-13)22(2,20)21/h3-9,11,19H,10H2,1-2H3. The van der Waals surface area contributed by atoms with E-state index in [1.807, 2.05) is 36.3 Å². The third kappa shape index (κ3) is 2.72. The second-order valence-corrected chi connectivity index (χ2v) is 7.62. The van der Waals surface area contributed by atoms with Crippen molar-refractivity contribution in [2.24, 2.45) is 0 Å². The molecule has 0 saturated heterocycles. The molecular formula is C17H17NO3S. The normalized spacial score (nSPS) is 14.5. The molecule has 0 aromatic heterocycles. The van der Waals surface area contributed by atoms with Crippen LogP contribution in [0.4, 0.5) is 0 Å². The summed E-state index contributed by atoms with van der Waals surface area (Å²) in [4.78, 5) is 2.16. The number of phenolic OH excluding ortho intramolecular Hbond substituents is 1. The first-order valence-electron chi connectivity index (χ1n) is 6.89. The molecule has 2 aromatic rings. The van der Waals surface area contributed by atoms with Gasteiger partial charge in [0.05, 0.1) is 4.90 Å². The van der Waals surface area contributed by atoms with E-state index in [2.05, 4.69) is 6.07 Å². The zero-order valence-electron chi connectivity index (χ0n) is 12.4. The van der Waals surface area contributed by atoms with Gasteiger partial charge in [0.15, 0.2) is 9.84 Å². The Balaban J connectivity index is 2.21. The molecule has 0 unspecified atom stereocenters. The number of benzene rings is 2. The Kier molecular flexibility index (Phi) is 3.45. The van der Waals surface area contributed by atoms with Crippen molar-refractivity contribution in [3.8, 4) is 5.75 Å². The van der Waals surface area contributed by atoms with E-state index >= 15 is 0 Å². The quantitative estimate of drug-likeness (QED) is 0.925. The molecular weight excluding hydrogens is 298 g/mol. The molecule has 0 saturated carbocycles. The second-order valence-electron chi connectivity index (χ2n) is 5.60. The zero-order valence-corrected chi connectivity index (χ0v) is 13.3. The van der Waals surface area contributed by atoms with Crippen LogP contribution in [0, 0.1) is 0 Å². The van der Waals surface area contributed by atoms with E-state index in [0.29, 0.717) is 5.56 Å². The van der Waals surface area contributed by atoms with Crippen LogP contribution in [0.15, 0.2) is 53.6 Å². The van der Waals surface area contributed by atoms with Crippen molar-refractivity contribution in [3.63, 3.8) is 0 Å². The highest BCUT2D eigenvalue weighted by atomic mass is 32.2. The molecule has 0 atom stereocenters. The first kappa shape index (κ1) is 14.7. The number of hydrogen-bond acceptors (Lipinski definition) is 4. The number of nitrogens with zero attached hydrogens (tertiary/aromatic N) is 1. The smallest absolute Gasteiger partial charge is 0.175 e. The van der Waals surface area contributed by atoms with Gasteiger partial charge in [0.1, 0.15) is 5.75 Å². The fraction of sp³-hybridized carbons (Fsp3) is 0.176. The average Bonchev–Trinajstić information content (AvgIpc) is 2.44. The van der Waals surface area contributed by atoms with E-state index in [9.17, 15) is 13.5 Å². The highest BCUT2D eigenvalue weighted by Gasteiger charge is 2.18. The Hall–Kier alpha value is -2.27. The summed E-state index contributed by atoms with van der Waals surface area (Å²) < 4.78 is 23.6. The molecule has 114 valence electrons. The topological polar surface area (TPSA) is 57.6 Å². The lowest BCUT2D eigenvalue weighted by molar-refractivity contribution is 0.445. The Morgan fingerprint density at radius 3 is 2.59 bits per heavy atom. The molecule has 3 rings (SSSR count). The highest BCUT2D eigenvalue weighted by Crippen LogP contribution is 2.34. The first-order valence-corrected chi connectivity index (χ1v) is 8.78. The van der Waals surface area contributed by atoms with Gasteiger partial charge in [0, 0.05) is 31.6 Å². The van der Waals surface area contributed by atoms with E-state index < -0.39 is 9.84 Å². The number of fused-ring (bicyclic) bond motifs is 1. The molecule has 1 aliphatic rings. The molecule has 0 bridgehead atoms. The molecule has 1 heterocycles. The van der Waals surface area contributed by atoms with Crippen LogP contribution >= 0.6 is 0 Å². The molecule has 0 fully saturated rings. The fourth-order valence-corrected chi connectivity index (χ4v) is 3.38. The highest BCUT2D eigenvalue weighted by molar-refractivity contribution is 7.90. The molecule has 0 radical (unpaired) electrons. The van der Waals surface area contributed by atoms with Crippen LogP contribution in [0.3, 0.4) is 0 Å². The fourth-order valence-electron chi connectivity index (χ4n) is 2.71. The molecule has 22 heavy (non-hydrogen) atoms. The molecule has 0 spiro atoms. The van der Waals surface area contributed by atoms with Gasteiger partial charge in [-0.25, -0.2) is 8.42 Å². The van der Waals surface area contributed by atoms with Crippen LogP contribution in [-0.2, 0) is 16.4 Å². The molecule has 1 aliphatic heterocycles. The number of phenols is 1. The Morgan fingerprint density at radius 1 is 1.14 bits per heavy atom. The first-order chi connectivity index (χ1) is 10.3. The van der Waals surface area contributed by atoms with Crippen LogP contribution in [-0.4, -0.2) is 31.7 Å². The summed E-state index contributed by atoms with van der Waals surface area (Å²) in [5, 5.41) is 9.90. The largest absolute Gasteiger partial charge is 0.508 e. The Labute approximate surface area is 130 Å².